The molecule has 10 heteroatoms. The zero-order chi connectivity index (χ0) is 18.4. The number of carbonyl (C=O) groups excluding carboxylic acids is 1. The van der Waals surface area contributed by atoms with Crippen molar-refractivity contribution in [2.75, 3.05) is 6.61 Å². The second-order valence-corrected chi connectivity index (χ2v) is 7.32. The lowest BCUT2D eigenvalue weighted by molar-refractivity contribution is -0.760. The molecule has 1 heterocycles. The Bertz CT molecular complexity index is 706. The fourth-order valence-corrected chi connectivity index (χ4v) is 3.34. The van der Waals surface area contributed by atoms with Gasteiger partial charge in [0, 0.05) is 6.20 Å². The second kappa shape index (κ2) is 8.04. The molecule has 1 rings (SSSR count). The Labute approximate surface area is 140 Å². The summed E-state index contributed by atoms with van der Waals surface area (Å²) in [6.45, 7) is 4.35. The van der Waals surface area contributed by atoms with Gasteiger partial charge in [0.05, 0.1) is 5.41 Å². The highest BCUT2D eigenvalue weighted by Crippen LogP contribution is 2.26. The predicted molar refractivity (Wildman–Crippen MR) is 84.9 cm³/mol. The molecule has 1 aromatic rings. The van der Waals surface area contributed by atoms with Gasteiger partial charge in [0.2, 0.25) is 5.91 Å². The second-order valence-electron chi connectivity index (χ2n) is 5.72. The van der Waals surface area contributed by atoms with Crippen molar-refractivity contribution in [2.24, 2.45) is 5.41 Å². The molecule has 1 aromatic heterocycles. The van der Waals surface area contributed by atoms with Crippen LogP contribution in [0.2, 0.25) is 0 Å². The van der Waals surface area contributed by atoms with E-state index in [-0.39, 0.29) is 11.4 Å². The highest BCUT2D eigenvalue weighted by Gasteiger charge is 2.37. The maximum absolute atomic E-state index is 12.5. The first-order valence-electron chi connectivity index (χ1n) is 7.38. The van der Waals surface area contributed by atoms with Crippen LogP contribution in [0.3, 0.4) is 0 Å². The lowest BCUT2D eigenvalue weighted by Crippen LogP contribution is -2.45. The van der Waals surface area contributed by atoms with Crippen LogP contribution in [-0.2, 0) is 19.7 Å². The van der Waals surface area contributed by atoms with E-state index in [0.717, 1.165) is 6.42 Å². The molecule has 1 amide bonds. The monoisotopic (exact) mass is 359 g/mol. The van der Waals surface area contributed by atoms with Crippen LogP contribution in [0.1, 0.15) is 38.7 Å². The van der Waals surface area contributed by atoms with E-state index >= 15 is 0 Å². The Balaban J connectivity index is 3.02. The number of rotatable bonds is 9. The Morgan fingerprint density at radius 2 is 2.17 bits per heavy atom. The third kappa shape index (κ3) is 5.15. The normalized spacial score (nSPS) is 13.8. The van der Waals surface area contributed by atoms with Gasteiger partial charge in [0.1, 0.15) is 6.61 Å². The number of nitrogens with zero attached hydrogens (tertiary/aromatic N) is 2. The summed E-state index contributed by atoms with van der Waals surface area (Å²) in [5.74, 6) is -0.858. The fraction of sp³-hybridized carbons (Fsp3) is 0.571. The smallest absolute Gasteiger partial charge is 0.294 e. The minimum Gasteiger partial charge on any atom is -0.313 e. The molecule has 0 saturated heterocycles. The Morgan fingerprint density at radius 3 is 2.71 bits per heavy atom. The first-order valence-corrected chi connectivity index (χ1v) is 8.87. The van der Waals surface area contributed by atoms with Gasteiger partial charge in [0.25, 0.3) is 15.1 Å². The van der Waals surface area contributed by atoms with Crippen LogP contribution in [0.4, 0.5) is 0 Å². The topological polar surface area (TPSA) is 128 Å². The average molecular weight is 359 g/mol. The maximum Gasteiger partial charge on any atom is 0.294 e. The van der Waals surface area contributed by atoms with Gasteiger partial charge in [-0.15, -0.1) is 10.1 Å². The van der Waals surface area contributed by atoms with Crippen molar-refractivity contribution in [2.45, 2.75) is 45.1 Å². The van der Waals surface area contributed by atoms with Crippen LogP contribution in [0.5, 0.6) is 0 Å². The summed E-state index contributed by atoms with van der Waals surface area (Å²) in [4.78, 5) is 31.0. The molecule has 0 aromatic carbocycles. The van der Waals surface area contributed by atoms with Gasteiger partial charge in [-0.05, 0) is 31.9 Å². The predicted octanol–water partition coefficient (Wildman–Crippen LogP) is 1.60. The number of carbonyl (C=O) groups is 1. The Kier molecular flexibility index (Phi) is 6.64. The molecule has 1 atom stereocenters. The summed E-state index contributed by atoms with van der Waals surface area (Å²) in [7, 11) is -4.17. The van der Waals surface area contributed by atoms with Crippen LogP contribution in [0.25, 0.3) is 0 Å². The number of nitrogens with one attached hydrogen (secondary N) is 1. The van der Waals surface area contributed by atoms with E-state index in [0.29, 0.717) is 12.0 Å². The van der Waals surface area contributed by atoms with E-state index in [1.54, 1.807) is 19.1 Å². The number of aromatic nitrogens is 1. The van der Waals surface area contributed by atoms with Crippen molar-refractivity contribution in [1.82, 2.24) is 9.71 Å². The molecule has 0 fully saturated rings. The third-order valence-electron chi connectivity index (χ3n) is 3.56. The molecule has 0 aliphatic heterocycles. The SMILES string of the molecule is CCCCC(C)(CO[N+](=O)[O-])C(=O)NS(=O)(=O)c1ncccc1C. The zero-order valence-electron chi connectivity index (χ0n) is 13.8. The highest BCUT2D eigenvalue weighted by molar-refractivity contribution is 7.90. The Morgan fingerprint density at radius 1 is 1.50 bits per heavy atom. The van der Waals surface area contributed by atoms with Crippen LogP contribution >= 0.6 is 0 Å². The molecule has 24 heavy (non-hydrogen) atoms. The zero-order valence-corrected chi connectivity index (χ0v) is 14.6. The van der Waals surface area contributed by atoms with Crippen LogP contribution < -0.4 is 4.72 Å². The van der Waals surface area contributed by atoms with E-state index in [1.165, 1.54) is 13.1 Å². The average Bonchev–Trinajstić information content (AvgIpc) is 2.50. The van der Waals surface area contributed by atoms with E-state index < -0.39 is 33.0 Å². The highest BCUT2D eigenvalue weighted by atomic mass is 32.2. The third-order valence-corrected chi connectivity index (χ3v) is 4.95. The van der Waals surface area contributed by atoms with Gasteiger partial charge in [-0.2, -0.15) is 8.42 Å². The number of pyridine rings is 1. The molecule has 0 radical (unpaired) electrons. The largest absolute Gasteiger partial charge is 0.313 e. The standard InChI is InChI=1S/C14H21N3O6S/c1-4-5-8-14(3,10-23-17(19)20)13(18)16-24(21,22)12-11(2)7-6-9-15-12/h6-7,9H,4-5,8,10H2,1-3H3,(H,16,18). The molecular weight excluding hydrogens is 338 g/mol. The van der Waals surface area contributed by atoms with E-state index in [1.807, 2.05) is 11.6 Å². The molecule has 9 nitrogen and oxygen atoms in total. The van der Waals surface area contributed by atoms with Crippen LogP contribution in [0, 0.1) is 22.5 Å². The van der Waals surface area contributed by atoms with Crippen molar-refractivity contribution in [3.05, 3.63) is 34.0 Å². The number of sulfonamides is 1. The van der Waals surface area contributed by atoms with Crippen molar-refractivity contribution >= 4 is 15.9 Å². The van der Waals surface area contributed by atoms with Gasteiger partial charge >= 0.3 is 0 Å². The fourth-order valence-electron chi connectivity index (χ4n) is 2.06. The van der Waals surface area contributed by atoms with Crippen LogP contribution in [-0.4, -0.2) is 31.0 Å². The van der Waals surface area contributed by atoms with E-state index in [4.69, 9.17) is 0 Å². The molecular formula is C14H21N3O6S. The first-order chi connectivity index (χ1) is 11.1. The number of unbranched alkanes of at least 4 members (excludes halogenated alkanes) is 1. The van der Waals surface area contributed by atoms with Gasteiger partial charge in [-0.25, -0.2) is 9.71 Å². The van der Waals surface area contributed by atoms with Gasteiger partial charge in [-0.1, -0.05) is 25.8 Å². The number of hydrogen-bond donors (Lipinski definition) is 1. The summed E-state index contributed by atoms with van der Waals surface area (Å²) < 4.78 is 26.7. The number of amides is 1. The molecule has 1 N–H and O–H groups in total. The maximum atomic E-state index is 12.5. The molecule has 0 aliphatic rings. The van der Waals surface area contributed by atoms with Crippen molar-refractivity contribution in [1.29, 1.82) is 0 Å². The number of aryl methyl sites for hydroxylation is 1. The summed E-state index contributed by atoms with van der Waals surface area (Å²) in [5, 5.41) is 9.15. The van der Waals surface area contributed by atoms with Gasteiger partial charge in [-0.3, -0.25) is 4.79 Å². The minimum absolute atomic E-state index is 0.250. The summed E-state index contributed by atoms with van der Waals surface area (Å²) >= 11 is 0. The molecule has 0 bridgehead atoms. The molecule has 0 aliphatic carbocycles. The minimum atomic E-state index is -4.17. The molecule has 1 unspecified atom stereocenters. The summed E-state index contributed by atoms with van der Waals surface area (Å²) in [6, 6.07) is 3.13. The number of hydrogen-bond acceptors (Lipinski definition) is 7. The summed E-state index contributed by atoms with van der Waals surface area (Å²) in [5.41, 5.74) is -0.964. The van der Waals surface area contributed by atoms with Crippen molar-refractivity contribution in [3.8, 4) is 0 Å². The summed E-state index contributed by atoms with van der Waals surface area (Å²) in [6.07, 6.45) is 2.89. The van der Waals surface area contributed by atoms with Crippen molar-refractivity contribution in [3.63, 3.8) is 0 Å². The van der Waals surface area contributed by atoms with Crippen molar-refractivity contribution < 1.29 is 23.1 Å². The quantitative estimate of drug-likeness (QED) is 0.523. The molecule has 0 saturated carbocycles. The Hall–Kier alpha value is -2.23. The van der Waals surface area contributed by atoms with Gasteiger partial charge in [0.15, 0.2) is 5.03 Å². The van der Waals surface area contributed by atoms with E-state index in [9.17, 15) is 23.3 Å². The first kappa shape index (κ1) is 19.8. The van der Waals surface area contributed by atoms with Gasteiger partial charge < -0.3 is 4.84 Å². The lowest BCUT2D eigenvalue weighted by atomic mass is 9.85. The lowest BCUT2D eigenvalue weighted by Gasteiger charge is -2.26. The molecule has 134 valence electrons. The van der Waals surface area contributed by atoms with E-state index in [2.05, 4.69) is 9.82 Å². The van der Waals surface area contributed by atoms with Crippen LogP contribution in [0.15, 0.2) is 23.4 Å². The molecule has 0 spiro atoms.